The van der Waals surface area contributed by atoms with Crippen molar-refractivity contribution >= 4 is 5.91 Å². The fraction of sp³-hybridized carbons (Fsp3) is 0.750. The zero-order valence-corrected chi connectivity index (χ0v) is 10.6. The van der Waals surface area contributed by atoms with Crippen molar-refractivity contribution < 1.29 is 14.1 Å². The van der Waals surface area contributed by atoms with Gasteiger partial charge in [0.1, 0.15) is 0 Å². The number of carbonyl (C=O) groups is 1. The third-order valence-corrected chi connectivity index (χ3v) is 3.96. The van der Waals surface area contributed by atoms with E-state index in [2.05, 4.69) is 20.0 Å². The number of carbonyl (C=O) groups excluding carboxylic acids is 1. The van der Waals surface area contributed by atoms with Crippen molar-refractivity contribution in [2.24, 2.45) is 11.8 Å². The number of aromatic nitrogens is 2. The van der Waals surface area contributed by atoms with Gasteiger partial charge in [0, 0.05) is 18.9 Å². The van der Waals surface area contributed by atoms with Gasteiger partial charge in [0.25, 0.3) is 0 Å². The second kappa shape index (κ2) is 5.16. The van der Waals surface area contributed by atoms with Gasteiger partial charge in [-0.2, -0.15) is 0 Å². The number of fused-ring (bicyclic) bond motifs is 2. The van der Waals surface area contributed by atoms with Crippen molar-refractivity contribution in [2.45, 2.75) is 31.8 Å². The number of amides is 1. The van der Waals surface area contributed by atoms with Crippen molar-refractivity contribution in [1.82, 2.24) is 15.5 Å². The van der Waals surface area contributed by atoms with Crippen LogP contribution in [-0.2, 0) is 16.0 Å². The summed E-state index contributed by atoms with van der Waals surface area (Å²) >= 11 is 0. The lowest BCUT2D eigenvalue weighted by atomic mass is 9.80. The fourth-order valence-corrected chi connectivity index (χ4v) is 2.96. The largest absolute Gasteiger partial charge is 0.438 e. The Morgan fingerprint density at radius 1 is 1.47 bits per heavy atom. The standard InChI is InChI=1S/C12H17N3O4/c16-11(9-2-1-8-5-7(9)6-18-8)13-4-3-10-14-12(17)19-15-10/h7-9H,1-6H2,(H,13,16)(H,14,15,17)/t7-,8+,9-/m1/s1. The van der Waals surface area contributed by atoms with E-state index in [0.29, 0.717) is 37.4 Å². The number of hydrogen-bond acceptors (Lipinski definition) is 5. The van der Waals surface area contributed by atoms with E-state index < -0.39 is 5.76 Å². The maximum Gasteiger partial charge on any atom is 0.438 e. The van der Waals surface area contributed by atoms with E-state index in [1.807, 2.05) is 0 Å². The Balaban J connectivity index is 1.47. The zero-order valence-electron chi connectivity index (χ0n) is 10.6. The second-order valence-corrected chi connectivity index (χ2v) is 5.22. The molecule has 3 rings (SSSR count). The van der Waals surface area contributed by atoms with Crippen LogP contribution in [0, 0.1) is 11.8 Å². The highest BCUT2D eigenvalue weighted by molar-refractivity contribution is 5.79. The van der Waals surface area contributed by atoms with Crippen LogP contribution in [-0.4, -0.2) is 35.3 Å². The number of H-pyrrole nitrogens is 1. The topological polar surface area (TPSA) is 97.2 Å². The minimum Gasteiger partial charge on any atom is -0.378 e. The van der Waals surface area contributed by atoms with E-state index in [1.54, 1.807) is 0 Å². The first-order valence-electron chi connectivity index (χ1n) is 6.66. The Morgan fingerprint density at radius 2 is 2.37 bits per heavy atom. The van der Waals surface area contributed by atoms with Crippen molar-refractivity contribution in [1.29, 1.82) is 0 Å². The van der Waals surface area contributed by atoms with E-state index in [0.717, 1.165) is 19.3 Å². The molecule has 2 fully saturated rings. The van der Waals surface area contributed by atoms with E-state index in [9.17, 15) is 9.59 Å². The van der Waals surface area contributed by atoms with E-state index >= 15 is 0 Å². The van der Waals surface area contributed by atoms with Gasteiger partial charge in [0.05, 0.1) is 12.7 Å². The van der Waals surface area contributed by atoms with Gasteiger partial charge >= 0.3 is 5.76 Å². The Hall–Kier alpha value is -1.63. The normalized spacial score (nSPS) is 29.4. The molecule has 2 heterocycles. The molecule has 1 aromatic rings. The molecule has 19 heavy (non-hydrogen) atoms. The minimum absolute atomic E-state index is 0.0649. The Morgan fingerprint density at radius 3 is 3.16 bits per heavy atom. The summed E-state index contributed by atoms with van der Waals surface area (Å²) in [5.74, 6) is 0.404. The molecule has 7 heteroatoms. The summed E-state index contributed by atoms with van der Waals surface area (Å²) < 4.78 is 9.98. The predicted octanol–water partition coefficient (Wildman–Crippen LogP) is -0.163. The van der Waals surface area contributed by atoms with Gasteiger partial charge in [0.15, 0.2) is 5.82 Å². The Bertz CT molecular complexity index is 509. The quantitative estimate of drug-likeness (QED) is 0.789. The zero-order chi connectivity index (χ0) is 13.2. The lowest BCUT2D eigenvalue weighted by Crippen LogP contribution is -2.38. The number of rotatable bonds is 4. The third-order valence-electron chi connectivity index (χ3n) is 3.96. The molecule has 0 spiro atoms. The van der Waals surface area contributed by atoms with Crippen molar-refractivity contribution in [3.05, 3.63) is 16.4 Å². The SMILES string of the molecule is O=C(NCCc1noc(=O)[nH]1)[C@@H]1CC[C@H]2C[C@@H]1CO2. The maximum atomic E-state index is 12.1. The summed E-state index contributed by atoms with van der Waals surface area (Å²) in [6.07, 6.45) is 3.73. The fourth-order valence-electron chi connectivity index (χ4n) is 2.96. The van der Waals surface area contributed by atoms with Crippen LogP contribution in [0.3, 0.4) is 0 Å². The molecule has 0 aromatic carbocycles. The molecule has 1 aliphatic carbocycles. The summed E-state index contributed by atoms with van der Waals surface area (Å²) in [6.45, 7) is 1.16. The van der Waals surface area contributed by atoms with Crippen LogP contribution in [0.5, 0.6) is 0 Å². The molecular weight excluding hydrogens is 250 g/mol. The number of aromatic amines is 1. The number of ether oxygens (including phenoxy) is 1. The molecule has 1 amide bonds. The first kappa shape index (κ1) is 12.4. The highest BCUT2D eigenvalue weighted by Gasteiger charge is 2.39. The Labute approximate surface area is 109 Å². The molecule has 1 aromatic heterocycles. The van der Waals surface area contributed by atoms with Gasteiger partial charge in [-0.15, -0.1) is 0 Å². The van der Waals surface area contributed by atoms with Crippen LogP contribution in [0.4, 0.5) is 0 Å². The second-order valence-electron chi connectivity index (χ2n) is 5.22. The molecule has 2 aliphatic rings. The van der Waals surface area contributed by atoms with Gasteiger partial charge in [-0.1, -0.05) is 5.16 Å². The molecular formula is C12H17N3O4. The maximum absolute atomic E-state index is 12.1. The van der Waals surface area contributed by atoms with Gasteiger partial charge in [-0.3, -0.25) is 14.3 Å². The lowest BCUT2D eigenvalue weighted by Gasteiger charge is -2.25. The first-order valence-corrected chi connectivity index (χ1v) is 6.66. The Kier molecular flexibility index (Phi) is 3.37. The third kappa shape index (κ3) is 2.70. The smallest absolute Gasteiger partial charge is 0.378 e. The molecule has 2 bridgehead atoms. The van der Waals surface area contributed by atoms with Crippen LogP contribution < -0.4 is 11.1 Å². The molecule has 3 atom stereocenters. The van der Waals surface area contributed by atoms with Gasteiger partial charge in [-0.25, -0.2) is 4.79 Å². The summed E-state index contributed by atoms with van der Waals surface area (Å²) in [6, 6.07) is 0. The monoisotopic (exact) mass is 267 g/mol. The highest BCUT2D eigenvalue weighted by Crippen LogP contribution is 2.37. The van der Waals surface area contributed by atoms with E-state index in [4.69, 9.17) is 4.74 Å². The number of hydrogen-bond donors (Lipinski definition) is 2. The van der Waals surface area contributed by atoms with Gasteiger partial charge in [0.2, 0.25) is 5.91 Å². The highest BCUT2D eigenvalue weighted by atomic mass is 16.5. The van der Waals surface area contributed by atoms with Gasteiger partial charge < -0.3 is 10.1 Å². The number of nitrogens with one attached hydrogen (secondary N) is 2. The average Bonchev–Trinajstić information content (AvgIpc) is 2.97. The van der Waals surface area contributed by atoms with Crippen LogP contribution in [0.15, 0.2) is 9.32 Å². The summed E-state index contributed by atoms with van der Waals surface area (Å²) in [5.41, 5.74) is 0. The van der Waals surface area contributed by atoms with Gasteiger partial charge in [-0.05, 0) is 25.2 Å². The minimum atomic E-state index is -0.567. The molecule has 1 saturated carbocycles. The molecule has 1 saturated heterocycles. The number of nitrogens with zero attached hydrogens (tertiary/aromatic N) is 1. The summed E-state index contributed by atoms with van der Waals surface area (Å²) in [7, 11) is 0. The first-order chi connectivity index (χ1) is 9.22. The van der Waals surface area contributed by atoms with Crippen LogP contribution >= 0.6 is 0 Å². The molecule has 104 valence electrons. The van der Waals surface area contributed by atoms with Crippen LogP contribution in [0.2, 0.25) is 0 Å². The molecule has 1 aliphatic heterocycles. The molecule has 7 nitrogen and oxygen atoms in total. The predicted molar refractivity (Wildman–Crippen MR) is 64.4 cm³/mol. The molecule has 0 unspecified atom stereocenters. The van der Waals surface area contributed by atoms with Crippen molar-refractivity contribution in [2.75, 3.05) is 13.2 Å². The van der Waals surface area contributed by atoms with E-state index in [1.165, 1.54) is 0 Å². The molecule has 0 radical (unpaired) electrons. The summed E-state index contributed by atoms with van der Waals surface area (Å²) in [5, 5.41) is 6.44. The van der Waals surface area contributed by atoms with Crippen LogP contribution in [0.1, 0.15) is 25.1 Å². The van der Waals surface area contributed by atoms with Crippen LogP contribution in [0.25, 0.3) is 0 Å². The van der Waals surface area contributed by atoms with Crippen molar-refractivity contribution in [3.8, 4) is 0 Å². The average molecular weight is 267 g/mol. The molecule has 2 N–H and O–H groups in total. The lowest BCUT2D eigenvalue weighted by molar-refractivity contribution is -0.127. The van der Waals surface area contributed by atoms with E-state index in [-0.39, 0.29) is 11.8 Å². The van der Waals surface area contributed by atoms with Crippen molar-refractivity contribution in [3.63, 3.8) is 0 Å². The summed E-state index contributed by atoms with van der Waals surface area (Å²) in [4.78, 5) is 25.3.